The van der Waals surface area contributed by atoms with Gasteiger partial charge in [-0.25, -0.2) is 4.98 Å². The van der Waals surface area contributed by atoms with Gasteiger partial charge in [-0.1, -0.05) is 12.1 Å². The first-order chi connectivity index (χ1) is 17.1. The van der Waals surface area contributed by atoms with Gasteiger partial charge < -0.3 is 19.3 Å². The van der Waals surface area contributed by atoms with E-state index in [0.29, 0.717) is 6.61 Å². The zero-order valence-corrected chi connectivity index (χ0v) is 20.9. The predicted molar refractivity (Wildman–Crippen MR) is 139 cm³/mol. The van der Waals surface area contributed by atoms with E-state index in [1.807, 2.05) is 0 Å². The number of nitrogens with zero attached hydrogens (tertiary/aromatic N) is 5. The molecule has 0 aliphatic carbocycles. The highest BCUT2D eigenvalue weighted by Gasteiger charge is 2.21. The highest BCUT2D eigenvalue weighted by Crippen LogP contribution is 2.35. The molecule has 6 rings (SSSR count). The van der Waals surface area contributed by atoms with Crippen molar-refractivity contribution in [2.75, 3.05) is 71.0 Å². The van der Waals surface area contributed by atoms with Crippen molar-refractivity contribution >= 4 is 5.69 Å². The molecule has 7 heteroatoms. The minimum atomic E-state index is 0.509. The van der Waals surface area contributed by atoms with Gasteiger partial charge in [-0.15, -0.1) is 0 Å². The third-order valence-corrected chi connectivity index (χ3v) is 7.57. The number of aryl methyl sites for hydroxylation is 1. The SMILES string of the molecule is Cc1cc(-c2ccc3c(c2)OCc2nc(CCN4CCOCC4)cn2-3)ccc1N1CCN(C)CC1. The first kappa shape index (κ1) is 22.6. The zero-order chi connectivity index (χ0) is 23.8. The second-order valence-corrected chi connectivity index (χ2v) is 9.99. The van der Waals surface area contributed by atoms with E-state index in [-0.39, 0.29) is 0 Å². The Morgan fingerprint density at radius 2 is 1.63 bits per heavy atom. The maximum atomic E-state index is 6.16. The lowest BCUT2D eigenvalue weighted by Crippen LogP contribution is -2.44. The molecule has 4 heterocycles. The van der Waals surface area contributed by atoms with Crippen LogP contribution in [-0.2, 0) is 17.8 Å². The van der Waals surface area contributed by atoms with Gasteiger partial charge in [0, 0.05) is 64.1 Å². The van der Waals surface area contributed by atoms with Crippen LogP contribution in [0, 0.1) is 6.92 Å². The molecule has 3 aromatic rings. The summed E-state index contributed by atoms with van der Waals surface area (Å²) < 4.78 is 13.8. The number of imidazole rings is 1. The number of likely N-dealkylation sites (N-methyl/N-ethyl adjacent to an activating group) is 1. The quantitative estimate of drug-likeness (QED) is 0.566. The fourth-order valence-electron chi connectivity index (χ4n) is 5.39. The number of rotatable bonds is 5. The van der Waals surface area contributed by atoms with Gasteiger partial charge in [-0.05, 0) is 54.9 Å². The van der Waals surface area contributed by atoms with Gasteiger partial charge in [0.2, 0.25) is 0 Å². The third-order valence-electron chi connectivity index (χ3n) is 7.57. The normalized spacial score (nSPS) is 18.7. The van der Waals surface area contributed by atoms with Crippen LogP contribution in [0.25, 0.3) is 16.8 Å². The van der Waals surface area contributed by atoms with Crippen molar-refractivity contribution in [3.8, 4) is 22.6 Å². The monoisotopic (exact) mass is 473 g/mol. The van der Waals surface area contributed by atoms with Crippen LogP contribution in [0.3, 0.4) is 0 Å². The number of benzene rings is 2. The van der Waals surface area contributed by atoms with Crippen LogP contribution in [0.4, 0.5) is 5.69 Å². The summed E-state index contributed by atoms with van der Waals surface area (Å²) in [5, 5.41) is 0. The average molecular weight is 474 g/mol. The van der Waals surface area contributed by atoms with Crippen molar-refractivity contribution in [1.82, 2.24) is 19.4 Å². The molecule has 1 aromatic heterocycles. The van der Waals surface area contributed by atoms with Crippen LogP contribution in [0.2, 0.25) is 0 Å². The molecular formula is C28H35N5O2. The Hall–Kier alpha value is -2.87. The van der Waals surface area contributed by atoms with E-state index >= 15 is 0 Å². The number of morpholine rings is 1. The molecule has 35 heavy (non-hydrogen) atoms. The summed E-state index contributed by atoms with van der Waals surface area (Å²) in [6, 6.07) is 13.4. The summed E-state index contributed by atoms with van der Waals surface area (Å²) in [6.45, 7) is 11.9. The van der Waals surface area contributed by atoms with Crippen LogP contribution in [0.1, 0.15) is 17.1 Å². The Kier molecular flexibility index (Phi) is 6.22. The molecular weight excluding hydrogens is 438 g/mol. The van der Waals surface area contributed by atoms with Gasteiger partial charge in [0.15, 0.2) is 5.82 Å². The lowest BCUT2D eigenvalue weighted by molar-refractivity contribution is 0.0383. The summed E-state index contributed by atoms with van der Waals surface area (Å²) in [6.07, 6.45) is 3.14. The van der Waals surface area contributed by atoms with E-state index in [9.17, 15) is 0 Å². The van der Waals surface area contributed by atoms with Crippen LogP contribution in [0.15, 0.2) is 42.6 Å². The highest BCUT2D eigenvalue weighted by molar-refractivity contribution is 5.72. The van der Waals surface area contributed by atoms with Crippen LogP contribution >= 0.6 is 0 Å². The fraction of sp³-hybridized carbons (Fsp3) is 0.464. The van der Waals surface area contributed by atoms with E-state index in [1.54, 1.807) is 0 Å². The summed E-state index contributed by atoms with van der Waals surface area (Å²) in [5.41, 5.74) is 7.30. The maximum absolute atomic E-state index is 6.16. The second kappa shape index (κ2) is 9.64. The summed E-state index contributed by atoms with van der Waals surface area (Å²) in [4.78, 5) is 12.2. The number of fused-ring (bicyclic) bond motifs is 3. The Bertz CT molecular complexity index is 1190. The number of anilines is 1. The van der Waals surface area contributed by atoms with Crippen molar-refractivity contribution in [1.29, 1.82) is 0 Å². The maximum Gasteiger partial charge on any atom is 0.151 e. The van der Waals surface area contributed by atoms with E-state index in [1.165, 1.54) is 22.4 Å². The molecule has 0 radical (unpaired) electrons. The smallest absolute Gasteiger partial charge is 0.151 e. The molecule has 0 spiro atoms. The molecule has 2 fully saturated rings. The average Bonchev–Trinajstić information content (AvgIpc) is 3.32. The Morgan fingerprint density at radius 3 is 2.40 bits per heavy atom. The number of hydrogen-bond acceptors (Lipinski definition) is 6. The van der Waals surface area contributed by atoms with E-state index in [4.69, 9.17) is 14.5 Å². The van der Waals surface area contributed by atoms with Crippen molar-refractivity contribution in [2.45, 2.75) is 20.0 Å². The minimum absolute atomic E-state index is 0.509. The molecule has 2 saturated heterocycles. The Morgan fingerprint density at radius 1 is 0.886 bits per heavy atom. The van der Waals surface area contributed by atoms with Gasteiger partial charge in [-0.2, -0.15) is 0 Å². The van der Waals surface area contributed by atoms with Gasteiger partial charge in [0.25, 0.3) is 0 Å². The molecule has 7 nitrogen and oxygen atoms in total. The summed E-state index contributed by atoms with van der Waals surface area (Å²) in [7, 11) is 2.20. The third kappa shape index (κ3) is 4.68. The van der Waals surface area contributed by atoms with Crippen LogP contribution in [0.5, 0.6) is 5.75 Å². The van der Waals surface area contributed by atoms with Crippen LogP contribution < -0.4 is 9.64 Å². The van der Waals surface area contributed by atoms with E-state index in [2.05, 4.69) is 75.8 Å². The highest BCUT2D eigenvalue weighted by atomic mass is 16.5. The van der Waals surface area contributed by atoms with Gasteiger partial charge >= 0.3 is 0 Å². The van der Waals surface area contributed by atoms with Crippen molar-refractivity contribution in [3.63, 3.8) is 0 Å². The first-order valence-electron chi connectivity index (χ1n) is 12.8. The Labute approximate surface area is 207 Å². The largest absolute Gasteiger partial charge is 0.483 e. The van der Waals surface area contributed by atoms with Gasteiger partial charge in [0.1, 0.15) is 12.4 Å². The van der Waals surface area contributed by atoms with Crippen LogP contribution in [-0.4, -0.2) is 85.4 Å². The molecule has 0 atom stereocenters. The second-order valence-electron chi connectivity index (χ2n) is 9.99. The van der Waals surface area contributed by atoms with Crippen molar-refractivity contribution < 1.29 is 9.47 Å². The minimum Gasteiger partial charge on any atom is -0.483 e. The number of aromatic nitrogens is 2. The van der Waals surface area contributed by atoms with Crippen molar-refractivity contribution in [2.24, 2.45) is 0 Å². The summed E-state index contributed by atoms with van der Waals surface area (Å²) >= 11 is 0. The standard InChI is InChI=1S/C28H35N5O2/c1-21-17-22(3-5-25(21)32-11-9-30(2)10-12-32)23-4-6-26-27(18-23)35-20-28-29-24(19-33(26)28)7-8-31-13-15-34-16-14-31/h3-6,17-19H,7-16,20H2,1-2H3. The molecule has 184 valence electrons. The first-order valence-corrected chi connectivity index (χ1v) is 12.8. The molecule has 0 bridgehead atoms. The van der Waals surface area contributed by atoms with Gasteiger partial charge in [0.05, 0.1) is 24.6 Å². The lowest BCUT2D eigenvalue weighted by Gasteiger charge is -2.35. The summed E-state index contributed by atoms with van der Waals surface area (Å²) in [5.74, 6) is 1.91. The molecule has 0 amide bonds. The Balaban J connectivity index is 1.19. The number of piperazine rings is 1. The predicted octanol–water partition coefficient (Wildman–Crippen LogP) is 3.37. The number of hydrogen-bond donors (Lipinski definition) is 0. The zero-order valence-electron chi connectivity index (χ0n) is 20.9. The van der Waals surface area contributed by atoms with E-state index < -0.39 is 0 Å². The fourth-order valence-corrected chi connectivity index (χ4v) is 5.39. The topological polar surface area (TPSA) is 46.0 Å². The van der Waals surface area contributed by atoms with Crippen molar-refractivity contribution in [3.05, 3.63) is 59.7 Å². The molecule has 0 saturated carbocycles. The van der Waals surface area contributed by atoms with Gasteiger partial charge in [-0.3, -0.25) is 9.47 Å². The molecule has 0 unspecified atom stereocenters. The van der Waals surface area contributed by atoms with E-state index in [0.717, 1.165) is 88.4 Å². The molecule has 0 N–H and O–H groups in total. The molecule has 2 aromatic carbocycles. The number of ether oxygens (including phenoxy) is 2. The molecule has 3 aliphatic heterocycles. The lowest BCUT2D eigenvalue weighted by atomic mass is 10.0. The molecule has 3 aliphatic rings.